The molecule has 0 aliphatic carbocycles. The first-order valence-corrected chi connectivity index (χ1v) is 30.1. The van der Waals surface area contributed by atoms with E-state index in [9.17, 15) is 202 Å². The number of ether oxygens (including phenoxy) is 1. The van der Waals surface area contributed by atoms with Gasteiger partial charge >= 0.3 is 80.2 Å². The molecule has 0 radical (unpaired) electrons. The van der Waals surface area contributed by atoms with E-state index in [1.807, 2.05) is 0 Å². The summed E-state index contributed by atoms with van der Waals surface area (Å²) in [5.74, 6) is -28.8. The second kappa shape index (κ2) is 33.2. The second-order valence-corrected chi connectivity index (χ2v) is 24.0. The quantitative estimate of drug-likeness (QED) is 0.0638. The van der Waals surface area contributed by atoms with Crippen molar-refractivity contribution in [3.05, 3.63) is 234 Å². The SMILES string of the molecule is C1CCOC1.FC(F)(F)c1cc(B(Cl)c2cc(C(F)(F)F)cc(C(F)(F)F)c2)cc(C(F)(F)F)c1.Fc1c(F)c(F)c(B(c2cc(C(F)(F)F)cc(C(F)(F)F)c2)c2cc(C(F)(F)F)cc(C(F)(F)F)c2)c(F)c1F.Fc1c(F)c(F)c(B(c2cc(C(F)(F)F)cc(C(F)(F)F)c2)c2cc(C(F)(F)F)cc(C(F)(F)F)c2)c(F)c1F. The number of hydrogen-bond donors (Lipinski definition) is 0. The fourth-order valence-electron chi connectivity index (χ4n) is 10.3. The minimum absolute atomic E-state index is 0.125. The Kier molecular flexibility index (Phi) is 27.4. The van der Waals surface area contributed by atoms with Gasteiger partial charge in [0.1, 0.15) is 0 Å². The van der Waals surface area contributed by atoms with Gasteiger partial charge in [-0.25, -0.2) is 43.9 Å². The van der Waals surface area contributed by atoms with Crippen LogP contribution in [0.4, 0.5) is 202 Å². The molecule has 51 heteroatoms. The molecule has 0 aromatic heterocycles. The van der Waals surface area contributed by atoms with Crippen LogP contribution >= 0.6 is 11.5 Å². The summed E-state index contributed by atoms with van der Waals surface area (Å²) in [5, 5.41) is 0. The molecule has 9 rings (SSSR count). The summed E-state index contributed by atoms with van der Waals surface area (Å²) in [6.45, 7) is -4.48. The standard InChI is InChI=1S/2C22H6BF17.C16H6BClF12.C4H8O/c2*24-14-13(15(25)17(27)18(28)16(14)26)23(11-3-7(19(29,30)31)1-8(4-11)20(32,33)34)12-5-9(21(35,36)37)2-10(6-12)22(38,39)40;18-17(11-3-7(13(19,20)21)1-8(4-11)14(22,23)24)12-5-9(15(25,26)27)2-10(6-12)16(28,29)30;1-2-4-5-3-1/h2*1-6H;1-6H;1-4H2. The smallest absolute Gasteiger partial charge is 0.381 e. The van der Waals surface area contributed by atoms with Crippen molar-refractivity contribution in [3.63, 3.8) is 0 Å². The average molecular weight is 1750 g/mol. The van der Waals surface area contributed by atoms with Gasteiger partial charge in [0.05, 0.1) is 66.8 Å². The molecule has 0 N–H and O–H groups in total. The van der Waals surface area contributed by atoms with E-state index in [0.29, 0.717) is 0 Å². The van der Waals surface area contributed by atoms with Crippen LogP contribution in [-0.2, 0) is 78.9 Å². The van der Waals surface area contributed by atoms with Crippen LogP contribution in [0.2, 0.25) is 0 Å². The summed E-state index contributed by atoms with van der Waals surface area (Å²) < 4.78 is 624. The lowest BCUT2D eigenvalue weighted by Gasteiger charge is -2.23. The van der Waals surface area contributed by atoms with E-state index in [1.165, 1.54) is 12.8 Å². The van der Waals surface area contributed by atoms with Crippen LogP contribution < -0.4 is 43.7 Å². The van der Waals surface area contributed by atoms with Gasteiger partial charge in [-0.05, 0) is 49.2 Å². The largest absolute Gasteiger partial charge is 0.416 e. The van der Waals surface area contributed by atoms with Crippen LogP contribution in [0.15, 0.2) is 109 Å². The zero-order valence-electron chi connectivity index (χ0n) is 54.1. The fourth-order valence-corrected chi connectivity index (χ4v) is 10.6. The number of halogens is 47. The van der Waals surface area contributed by atoms with E-state index in [-0.39, 0.29) is 84.9 Å². The third-order valence-corrected chi connectivity index (χ3v) is 16.0. The summed E-state index contributed by atoms with van der Waals surface area (Å²) in [4.78, 5) is 0. The fraction of sp³-hybridized carbons (Fsp3) is 0.250. The molecule has 1 nitrogen and oxygen atoms in total. The van der Waals surface area contributed by atoms with E-state index in [4.69, 9.17) is 16.2 Å². The zero-order chi connectivity index (χ0) is 88.3. The van der Waals surface area contributed by atoms with E-state index >= 15 is 0 Å². The summed E-state index contributed by atoms with van der Waals surface area (Å²) in [6, 6.07) is -4.93. The molecule has 8 aromatic rings. The molecule has 0 atom stereocenters. The van der Waals surface area contributed by atoms with E-state index < -0.39 is 287 Å². The average Bonchev–Trinajstić information content (AvgIpc) is 0.838. The molecule has 0 amide bonds. The number of benzene rings is 8. The molecule has 1 fully saturated rings. The topological polar surface area (TPSA) is 9.23 Å². The van der Waals surface area contributed by atoms with Crippen LogP contribution in [0.5, 0.6) is 0 Å². The lowest BCUT2D eigenvalue weighted by molar-refractivity contribution is -0.144. The number of rotatable bonds is 8. The van der Waals surface area contributed by atoms with Gasteiger partial charge in [-0.1, -0.05) is 106 Å². The normalized spacial score (nSPS) is 13.7. The molecule has 1 aliphatic rings. The molecule has 8 aromatic carbocycles. The highest BCUT2D eigenvalue weighted by atomic mass is 35.5. The van der Waals surface area contributed by atoms with Gasteiger partial charge in [0.15, 0.2) is 58.2 Å². The number of hydrogen-bond acceptors (Lipinski definition) is 1. The molecular formula is C64H26B3ClF46O. The van der Waals surface area contributed by atoms with Crippen LogP contribution in [0, 0.1) is 58.2 Å². The summed E-state index contributed by atoms with van der Waals surface area (Å²) in [7, 11) is 0. The van der Waals surface area contributed by atoms with Crippen molar-refractivity contribution in [3.8, 4) is 0 Å². The maximum Gasteiger partial charge on any atom is 0.416 e. The van der Waals surface area contributed by atoms with Crippen molar-refractivity contribution in [1.82, 2.24) is 0 Å². The van der Waals surface area contributed by atoms with Crippen molar-refractivity contribution in [2.75, 3.05) is 13.2 Å². The van der Waals surface area contributed by atoms with Crippen LogP contribution in [0.25, 0.3) is 0 Å². The molecular weight excluding hydrogens is 1730 g/mol. The Morgan fingerprint density at radius 2 is 0.313 bits per heavy atom. The Morgan fingerprint density at radius 3 is 0.426 bits per heavy atom. The lowest BCUT2D eigenvalue weighted by atomic mass is 9.36. The maximum atomic E-state index is 14.8. The summed E-state index contributed by atoms with van der Waals surface area (Å²) in [5.41, 5.74) is -38.7. The highest BCUT2D eigenvalue weighted by molar-refractivity contribution is 7.21. The minimum atomic E-state index is -5.69. The van der Waals surface area contributed by atoms with Gasteiger partial charge in [-0.15, -0.1) is 0 Å². The lowest BCUT2D eigenvalue weighted by Crippen LogP contribution is -2.56. The van der Waals surface area contributed by atoms with Gasteiger partial charge in [0, 0.05) is 24.1 Å². The zero-order valence-corrected chi connectivity index (χ0v) is 54.9. The third kappa shape index (κ3) is 23.0. The van der Waals surface area contributed by atoms with E-state index in [1.54, 1.807) is 0 Å². The Morgan fingerprint density at radius 1 is 0.191 bits per heavy atom. The molecule has 115 heavy (non-hydrogen) atoms. The Hall–Kier alpha value is -9.02. The molecule has 1 saturated heterocycles. The van der Waals surface area contributed by atoms with Gasteiger partial charge < -0.3 is 4.74 Å². The van der Waals surface area contributed by atoms with Crippen molar-refractivity contribution < 1.29 is 207 Å². The second-order valence-electron chi connectivity index (χ2n) is 23.6. The predicted octanol–water partition coefficient (Wildman–Crippen LogP) is 20.9. The maximum absolute atomic E-state index is 14.8. The Balaban J connectivity index is 0.000000262. The highest BCUT2D eigenvalue weighted by Crippen LogP contribution is 2.43. The molecule has 626 valence electrons. The first-order chi connectivity index (χ1) is 51.7. The number of alkyl halides is 36. The van der Waals surface area contributed by atoms with Gasteiger partial charge in [-0.3, -0.25) is 0 Å². The van der Waals surface area contributed by atoms with E-state index in [0.717, 1.165) is 13.2 Å². The van der Waals surface area contributed by atoms with Crippen molar-refractivity contribution in [2.45, 2.75) is 87.0 Å². The van der Waals surface area contributed by atoms with Gasteiger partial charge in [0.2, 0.25) is 13.4 Å². The molecule has 0 spiro atoms. The third-order valence-electron chi connectivity index (χ3n) is 15.5. The highest BCUT2D eigenvalue weighted by Gasteiger charge is 2.49. The van der Waals surface area contributed by atoms with Crippen LogP contribution in [-0.4, -0.2) is 32.8 Å². The minimum Gasteiger partial charge on any atom is -0.381 e. The molecule has 1 heterocycles. The van der Waals surface area contributed by atoms with E-state index in [2.05, 4.69) is 0 Å². The first-order valence-electron chi connectivity index (χ1n) is 29.7. The molecule has 1 aliphatic heterocycles. The molecule has 0 saturated carbocycles. The van der Waals surface area contributed by atoms with Crippen molar-refractivity contribution in [1.29, 1.82) is 0 Å². The van der Waals surface area contributed by atoms with Crippen LogP contribution in [0.1, 0.15) is 79.6 Å². The Labute approximate surface area is 614 Å². The summed E-state index contributed by atoms with van der Waals surface area (Å²) >= 11 is 5.75. The first kappa shape index (κ1) is 94.8. The predicted molar refractivity (Wildman–Crippen MR) is 311 cm³/mol. The molecule has 0 bridgehead atoms. The van der Waals surface area contributed by atoms with Crippen LogP contribution in [0.3, 0.4) is 0 Å². The van der Waals surface area contributed by atoms with Crippen molar-refractivity contribution in [2.24, 2.45) is 0 Å². The van der Waals surface area contributed by atoms with Gasteiger partial charge in [0.25, 0.3) is 0 Å². The Bertz CT molecular complexity index is 4140. The monoisotopic (exact) mass is 1750 g/mol. The van der Waals surface area contributed by atoms with Crippen molar-refractivity contribution >= 4 is 74.7 Å². The van der Waals surface area contributed by atoms with Gasteiger partial charge in [-0.2, -0.15) is 170 Å². The molecule has 0 unspecified atom stereocenters. The summed E-state index contributed by atoms with van der Waals surface area (Å²) in [6.07, 6.45) is -66.3.